The normalized spacial score (nSPS) is 19.5. The number of cyclic esters (lactones) is 1. The van der Waals surface area contributed by atoms with Gasteiger partial charge in [0, 0.05) is 0 Å². The highest BCUT2D eigenvalue weighted by molar-refractivity contribution is 5.70. The summed E-state index contributed by atoms with van der Waals surface area (Å²) in [5.74, 6) is 0.621. The molecule has 2 rings (SSSR count). The molecule has 0 radical (unpaired) electrons. The molecule has 1 aromatic rings. The molecule has 80 valence electrons. The van der Waals surface area contributed by atoms with Crippen LogP contribution < -0.4 is 10.1 Å². The van der Waals surface area contributed by atoms with Crippen molar-refractivity contribution in [3.05, 3.63) is 23.8 Å². The number of carbonyl (C=O) groups is 1. The number of nitrogens with one attached hydrogen (secondary N) is 1. The first-order valence-electron chi connectivity index (χ1n) is 4.51. The molecule has 1 aliphatic heterocycles. The van der Waals surface area contributed by atoms with Crippen LogP contribution in [0.25, 0.3) is 0 Å². The van der Waals surface area contributed by atoms with Crippen LogP contribution in [0.2, 0.25) is 0 Å². The summed E-state index contributed by atoms with van der Waals surface area (Å²) in [6.07, 6.45) is -0.481. The van der Waals surface area contributed by atoms with Crippen molar-refractivity contribution in [2.24, 2.45) is 0 Å². The summed E-state index contributed by atoms with van der Waals surface area (Å²) >= 11 is 0. The van der Waals surface area contributed by atoms with Crippen molar-refractivity contribution >= 4 is 6.09 Å². The summed E-state index contributed by atoms with van der Waals surface area (Å²) in [6, 6.07) is 4.59. The fraction of sp³-hybridized carbons (Fsp3) is 0.300. The molecule has 1 amide bonds. The molecule has 0 aromatic heterocycles. The third kappa shape index (κ3) is 1.68. The number of methoxy groups -OCH3 is 1. The van der Waals surface area contributed by atoms with Crippen molar-refractivity contribution < 1.29 is 19.4 Å². The van der Waals surface area contributed by atoms with Crippen LogP contribution >= 0.6 is 0 Å². The Morgan fingerprint density at radius 3 is 3.00 bits per heavy atom. The number of ether oxygens (including phenoxy) is 2. The van der Waals surface area contributed by atoms with E-state index in [0.717, 1.165) is 0 Å². The van der Waals surface area contributed by atoms with Crippen molar-refractivity contribution in [3.8, 4) is 11.5 Å². The van der Waals surface area contributed by atoms with Crippen molar-refractivity contribution in [3.63, 3.8) is 0 Å². The lowest BCUT2D eigenvalue weighted by Crippen LogP contribution is -2.19. The van der Waals surface area contributed by atoms with Gasteiger partial charge in [0.05, 0.1) is 18.7 Å². The predicted octanol–water partition coefficient (Wildman–Crippen LogP) is 1.18. The van der Waals surface area contributed by atoms with Crippen LogP contribution in [0.4, 0.5) is 4.79 Å². The van der Waals surface area contributed by atoms with Crippen molar-refractivity contribution in [2.45, 2.75) is 6.04 Å². The first-order chi connectivity index (χ1) is 7.22. The molecule has 5 heteroatoms. The van der Waals surface area contributed by atoms with Gasteiger partial charge in [0.15, 0.2) is 0 Å². The molecule has 2 N–H and O–H groups in total. The summed E-state index contributed by atoms with van der Waals surface area (Å²) in [7, 11) is 1.51. The molecule has 0 bridgehead atoms. The second-order valence-electron chi connectivity index (χ2n) is 3.19. The summed E-state index contributed by atoms with van der Waals surface area (Å²) in [5, 5.41) is 12.3. The molecule has 1 aromatic carbocycles. The molecule has 5 nitrogen and oxygen atoms in total. The Labute approximate surface area is 86.6 Å². The Balaban J connectivity index is 2.37. The van der Waals surface area contributed by atoms with E-state index in [1.165, 1.54) is 7.11 Å². The molecule has 15 heavy (non-hydrogen) atoms. The lowest BCUT2D eigenvalue weighted by atomic mass is 10.1. The number of rotatable bonds is 2. The van der Waals surface area contributed by atoms with Crippen LogP contribution in [-0.4, -0.2) is 24.9 Å². The Morgan fingerprint density at radius 1 is 1.60 bits per heavy atom. The number of benzene rings is 1. The van der Waals surface area contributed by atoms with Crippen LogP contribution in [0, 0.1) is 0 Å². The molecule has 1 saturated heterocycles. The minimum absolute atomic E-state index is 0.0881. The lowest BCUT2D eigenvalue weighted by Gasteiger charge is -2.14. The van der Waals surface area contributed by atoms with E-state index in [9.17, 15) is 9.90 Å². The maximum absolute atomic E-state index is 10.9. The van der Waals surface area contributed by atoms with Gasteiger partial charge in [0.25, 0.3) is 0 Å². The Hall–Kier alpha value is -1.91. The van der Waals surface area contributed by atoms with Crippen molar-refractivity contribution in [1.82, 2.24) is 5.32 Å². The molecule has 0 saturated carbocycles. The Morgan fingerprint density at radius 2 is 2.40 bits per heavy atom. The zero-order chi connectivity index (χ0) is 10.8. The molecule has 1 aliphatic rings. The first-order valence-corrected chi connectivity index (χ1v) is 4.51. The van der Waals surface area contributed by atoms with Crippen LogP contribution in [-0.2, 0) is 4.74 Å². The molecular weight excluding hydrogens is 198 g/mol. The second kappa shape index (κ2) is 3.68. The van der Waals surface area contributed by atoms with Crippen LogP contribution in [0.5, 0.6) is 11.5 Å². The fourth-order valence-corrected chi connectivity index (χ4v) is 1.60. The molecule has 1 atom stereocenters. The Bertz CT molecular complexity index is 391. The van der Waals surface area contributed by atoms with Gasteiger partial charge >= 0.3 is 6.09 Å². The van der Waals surface area contributed by atoms with Gasteiger partial charge < -0.3 is 19.9 Å². The van der Waals surface area contributed by atoms with Crippen LogP contribution in [0.3, 0.4) is 0 Å². The van der Waals surface area contributed by atoms with E-state index in [1.807, 2.05) is 0 Å². The fourth-order valence-electron chi connectivity index (χ4n) is 1.60. The quantitative estimate of drug-likeness (QED) is 0.767. The summed E-state index contributed by atoms with van der Waals surface area (Å²) < 4.78 is 9.86. The zero-order valence-electron chi connectivity index (χ0n) is 8.19. The van der Waals surface area contributed by atoms with E-state index in [2.05, 4.69) is 5.32 Å². The molecule has 0 spiro atoms. The van der Waals surface area contributed by atoms with E-state index < -0.39 is 6.09 Å². The third-order valence-electron chi connectivity index (χ3n) is 2.28. The number of alkyl carbamates (subject to hydrolysis) is 1. The smallest absolute Gasteiger partial charge is 0.407 e. The number of carbonyl (C=O) groups excluding carboxylic acids is 1. The average Bonchev–Trinajstić information content (AvgIpc) is 2.64. The SMILES string of the molecule is COc1cccc(O)c1[C@@H]1COC(=O)N1. The number of phenolic OH excluding ortho intramolecular Hbond substituents is 1. The van der Waals surface area contributed by atoms with Gasteiger partial charge in [0.2, 0.25) is 0 Å². The van der Waals surface area contributed by atoms with Gasteiger partial charge in [-0.25, -0.2) is 4.79 Å². The monoisotopic (exact) mass is 209 g/mol. The third-order valence-corrected chi connectivity index (χ3v) is 2.28. The summed E-state index contributed by atoms with van der Waals surface area (Å²) in [4.78, 5) is 10.9. The van der Waals surface area contributed by atoms with Crippen molar-refractivity contribution in [1.29, 1.82) is 0 Å². The van der Waals surface area contributed by atoms with Crippen LogP contribution in [0.1, 0.15) is 11.6 Å². The maximum atomic E-state index is 10.9. The largest absolute Gasteiger partial charge is 0.507 e. The lowest BCUT2D eigenvalue weighted by molar-refractivity contribution is 0.176. The van der Waals surface area contributed by atoms with Gasteiger partial charge in [-0.15, -0.1) is 0 Å². The number of hydrogen-bond donors (Lipinski definition) is 2. The molecular formula is C10H11NO4. The highest BCUT2D eigenvalue weighted by atomic mass is 16.6. The van der Waals surface area contributed by atoms with Gasteiger partial charge in [-0.3, -0.25) is 0 Å². The van der Waals surface area contributed by atoms with Gasteiger partial charge in [-0.2, -0.15) is 0 Å². The number of amides is 1. The van der Waals surface area contributed by atoms with Gasteiger partial charge in [-0.05, 0) is 12.1 Å². The van der Waals surface area contributed by atoms with Crippen LogP contribution in [0.15, 0.2) is 18.2 Å². The van der Waals surface area contributed by atoms with E-state index >= 15 is 0 Å². The van der Waals surface area contributed by atoms with E-state index in [-0.39, 0.29) is 18.4 Å². The number of hydrogen-bond acceptors (Lipinski definition) is 4. The van der Waals surface area contributed by atoms with E-state index in [4.69, 9.17) is 9.47 Å². The van der Waals surface area contributed by atoms with Crippen molar-refractivity contribution in [2.75, 3.05) is 13.7 Å². The first kappa shape index (κ1) is 9.64. The zero-order valence-corrected chi connectivity index (χ0v) is 8.19. The average molecular weight is 209 g/mol. The van der Waals surface area contributed by atoms with Gasteiger partial charge in [-0.1, -0.05) is 6.07 Å². The number of phenols is 1. The maximum Gasteiger partial charge on any atom is 0.407 e. The molecule has 1 fully saturated rings. The molecule has 0 unspecified atom stereocenters. The number of aromatic hydroxyl groups is 1. The predicted molar refractivity (Wildman–Crippen MR) is 51.9 cm³/mol. The van der Waals surface area contributed by atoms with Gasteiger partial charge in [0.1, 0.15) is 18.1 Å². The second-order valence-corrected chi connectivity index (χ2v) is 3.19. The summed E-state index contributed by atoms with van der Waals surface area (Å²) in [5.41, 5.74) is 0.547. The molecule has 1 heterocycles. The highest BCUT2D eigenvalue weighted by Crippen LogP contribution is 2.34. The summed E-state index contributed by atoms with van der Waals surface area (Å²) in [6.45, 7) is 0.201. The molecule has 0 aliphatic carbocycles. The highest BCUT2D eigenvalue weighted by Gasteiger charge is 2.28. The minimum atomic E-state index is -0.481. The van der Waals surface area contributed by atoms with E-state index in [0.29, 0.717) is 11.3 Å². The van der Waals surface area contributed by atoms with E-state index in [1.54, 1.807) is 18.2 Å². The minimum Gasteiger partial charge on any atom is -0.507 e. The Kier molecular flexibility index (Phi) is 2.37. The standard InChI is InChI=1S/C10H11NO4/c1-14-8-4-2-3-7(12)9(8)6-5-15-10(13)11-6/h2-4,6,12H,5H2,1H3,(H,11,13)/t6-/m0/s1. The topological polar surface area (TPSA) is 67.8 Å².